The second kappa shape index (κ2) is 13.9. The number of anilines is 1. The molecule has 212 valence electrons. The Labute approximate surface area is 232 Å². The third-order valence-electron chi connectivity index (χ3n) is 7.86. The summed E-state index contributed by atoms with van der Waals surface area (Å²) in [6.45, 7) is 11.4. The first-order chi connectivity index (χ1) is 18.9. The Morgan fingerprint density at radius 1 is 0.923 bits per heavy atom. The molecule has 0 aliphatic carbocycles. The summed E-state index contributed by atoms with van der Waals surface area (Å²) < 4.78 is 15.4. The molecule has 0 spiro atoms. The van der Waals surface area contributed by atoms with Gasteiger partial charge in [-0.1, -0.05) is 65.7 Å². The molecule has 1 amide bonds. The van der Waals surface area contributed by atoms with Crippen LogP contribution in [0.1, 0.15) is 102 Å². The highest BCUT2D eigenvalue weighted by Gasteiger charge is 2.27. The van der Waals surface area contributed by atoms with Crippen LogP contribution in [0.2, 0.25) is 0 Å². The topological polar surface area (TPSA) is 67.2 Å². The molecule has 39 heavy (non-hydrogen) atoms. The number of amides is 1. The normalized spacial score (nSPS) is 14.8. The van der Waals surface area contributed by atoms with E-state index in [1.54, 1.807) is 16.8 Å². The van der Waals surface area contributed by atoms with Gasteiger partial charge >= 0.3 is 0 Å². The van der Waals surface area contributed by atoms with Crippen molar-refractivity contribution in [1.82, 2.24) is 24.6 Å². The van der Waals surface area contributed by atoms with E-state index in [1.807, 2.05) is 11.8 Å². The number of nitrogens with zero attached hydrogens (tertiary/aromatic N) is 6. The van der Waals surface area contributed by atoms with Gasteiger partial charge in [-0.25, -0.2) is 19.0 Å². The lowest BCUT2D eigenvalue weighted by Gasteiger charge is -2.36. The van der Waals surface area contributed by atoms with Gasteiger partial charge < -0.3 is 9.80 Å². The zero-order valence-corrected chi connectivity index (χ0v) is 24.3. The van der Waals surface area contributed by atoms with Crippen molar-refractivity contribution in [3.05, 3.63) is 41.6 Å². The standard InChI is InChI=1S/C31H45FN6O/c1-5-7-8-9-10-11-12-14-27(39)36-19-21-37(22-20-36)30-28-24(4)35-38(26-17-15-25(32)16-18-26)31(28)34-29(33-30)23(3)13-6-2/h15-18,23H,5-14,19-22H2,1-4H3/t23-/m0/s1. The number of unbranched alkanes of at least 4 members (excludes halogenated alkanes) is 6. The maximum absolute atomic E-state index is 13.6. The van der Waals surface area contributed by atoms with Crippen LogP contribution in [0, 0.1) is 12.7 Å². The van der Waals surface area contributed by atoms with Crippen molar-refractivity contribution < 1.29 is 9.18 Å². The molecule has 0 unspecified atom stereocenters. The van der Waals surface area contributed by atoms with Gasteiger partial charge in [-0.05, 0) is 44.0 Å². The van der Waals surface area contributed by atoms with Gasteiger partial charge in [0.25, 0.3) is 0 Å². The van der Waals surface area contributed by atoms with Crippen molar-refractivity contribution in [3.8, 4) is 5.69 Å². The van der Waals surface area contributed by atoms with Crippen LogP contribution in [0.25, 0.3) is 16.7 Å². The number of carbonyl (C=O) groups is 1. The van der Waals surface area contributed by atoms with E-state index in [2.05, 4.69) is 25.7 Å². The maximum atomic E-state index is 13.6. The first-order valence-electron chi connectivity index (χ1n) is 15.0. The number of hydrogen-bond donors (Lipinski definition) is 0. The fourth-order valence-corrected chi connectivity index (χ4v) is 5.51. The highest BCUT2D eigenvalue weighted by atomic mass is 19.1. The Morgan fingerprint density at radius 2 is 1.59 bits per heavy atom. The van der Waals surface area contributed by atoms with Crippen molar-refractivity contribution >= 4 is 22.8 Å². The molecule has 8 heteroatoms. The minimum Gasteiger partial charge on any atom is -0.352 e. The highest BCUT2D eigenvalue weighted by molar-refractivity contribution is 5.91. The monoisotopic (exact) mass is 536 g/mol. The lowest BCUT2D eigenvalue weighted by Crippen LogP contribution is -2.49. The largest absolute Gasteiger partial charge is 0.352 e. The summed E-state index contributed by atoms with van der Waals surface area (Å²) in [5.41, 5.74) is 2.37. The predicted octanol–water partition coefficient (Wildman–Crippen LogP) is 6.96. The van der Waals surface area contributed by atoms with Crippen molar-refractivity contribution in [2.45, 2.75) is 97.8 Å². The number of halogens is 1. The fraction of sp³-hybridized carbons (Fsp3) is 0.613. The molecule has 1 saturated heterocycles. The Hall–Kier alpha value is -3.03. The second-order valence-corrected chi connectivity index (χ2v) is 11.0. The van der Waals surface area contributed by atoms with E-state index >= 15 is 0 Å². The molecule has 3 heterocycles. The second-order valence-electron chi connectivity index (χ2n) is 11.0. The summed E-state index contributed by atoms with van der Waals surface area (Å²) in [5.74, 6) is 1.90. The molecule has 2 aromatic heterocycles. The first kappa shape index (κ1) is 29.0. The molecule has 1 aromatic carbocycles. The van der Waals surface area contributed by atoms with Crippen LogP contribution in [0.4, 0.5) is 10.2 Å². The minimum atomic E-state index is -0.279. The number of carbonyl (C=O) groups excluding carboxylic acids is 1. The zero-order valence-electron chi connectivity index (χ0n) is 24.3. The van der Waals surface area contributed by atoms with E-state index < -0.39 is 0 Å². The van der Waals surface area contributed by atoms with Gasteiger partial charge in [0.1, 0.15) is 17.5 Å². The van der Waals surface area contributed by atoms with E-state index in [9.17, 15) is 9.18 Å². The molecule has 0 N–H and O–H groups in total. The molecule has 0 radical (unpaired) electrons. The molecule has 3 aromatic rings. The SMILES string of the molecule is CCCCCCCCCC(=O)N1CCN(c2nc([C@@H](C)CCC)nc3c2c(C)nn3-c2ccc(F)cc2)CC1. The van der Waals surface area contributed by atoms with Crippen LogP contribution in [0.15, 0.2) is 24.3 Å². The Morgan fingerprint density at radius 3 is 2.26 bits per heavy atom. The number of piperazine rings is 1. The number of hydrogen-bond acceptors (Lipinski definition) is 5. The molecule has 7 nitrogen and oxygen atoms in total. The number of aromatic nitrogens is 4. The Bertz CT molecular complexity index is 1220. The highest BCUT2D eigenvalue weighted by Crippen LogP contribution is 2.32. The van der Waals surface area contributed by atoms with Crippen LogP contribution in [-0.2, 0) is 4.79 Å². The van der Waals surface area contributed by atoms with Gasteiger partial charge in [0.15, 0.2) is 5.65 Å². The number of aryl methyl sites for hydroxylation is 1. The van der Waals surface area contributed by atoms with Crippen LogP contribution >= 0.6 is 0 Å². The molecular weight excluding hydrogens is 491 g/mol. The average Bonchev–Trinajstić information content (AvgIpc) is 3.28. The van der Waals surface area contributed by atoms with Gasteiger partial charge in [0.2, 0.25) is 5.91 Å². The summed E-state index contributed by atoms with van der Waals surface area (Å²) in [6.07, 6.45) is 11.2. The van der Waals surface area contributed by atoms with E-state index in [0.717, 1.165) is 72.8 Å². The third-order valence-corrected chi connectivity index (χ3v) is 7.86. The maximum Gasteiger partial charge on any atom is 0.222 e. The lowest BCUT2D eigenvalue weighted by atomic mass is 10.1. The van der Waals surface area contributed by atoms with Gasteiger partial charge in [-0.3, -0.25) is 4.79 Å². The first-order valence-corrected chi connectivity index (χ1v) is 15.0. The summed E-state index contributed by atoms with van der Waals surface area (Å²) in [5, 5.41) is 5.73. The van der Waals surface area contributed by atoms with Crippen molar-refractivity contribution in [3.63, 3.8) is 0 Å². The quantitative estimate of drug-likeness (QED) is 0.221. The van der Waals surface area contributed by atoms with Crippen molar-refractivity contribution in [2.24, 2.45) is 0 Å². The summed E-state index contributed by atoms with van der Waals surface area (Å²) in [7, 11) is 0. The molecule has 0 saturated carbocycles. The molecular formula is C31H45FN6O. The van der Waals surface area contributed by atoms with Crippen LogP contribution in [-0.4, -0.2) is 56.7 Å². The smallest absolute Gasteiger partial charge is 0.222 e. The Kier molecular flexibility index (Phi) is 10.3. The van der Waals surface area contributed by atoms with Crippen LogP contribution in [0.3, 0.4) is 0 Å². The summed E-state index contributed by atoms with van der Waals surface area (Å²) in [6, 6.07) is 6.36. The number of fused-ring (bicyclic) bond motifs is 1. The summed E-state index contributed by atoms with van der Waals surface area (Å²) in [4.78, 5) is 27.3. The van der Waals surface area contributed by atoms with Crippen LogP contribution < -0.4 is 4.90 Å². The fourth-order valence-electron chi connectivity index (χ4n) is 5.51. The predicted molar refractivity (Wildman–Crippen MR) is 156 cm³/mol. The molecule has 1 fully saturated rings. The van der Waals surface area contributed by atoms with Gasteiger partial charge in [0, 0.05) is 38.5 Å². The lowest BCUT2D eigenvalue weighted by molar-refractivity contribution is -0.131. The average molecular weight is 537 g/mol. The molecule has 0 bridgehead atoms. The van der Waals surface area contributed by atoms with Crippen molar-refractivity contribution in [1.29, 1.82) is 0 Å². The van der Waals surface area contributed by atoms with Gasteiger partial charge in [-0.2, -0.15) is 5.10 Å². The molecule has 4 rings (SSSR count). The van der Waals surface area contributed by atoms with Crippen LogP contribution in [0.5, 0.6) is 0 Å². The van der Waals surface area contributed by atoms with E-state index in [4.69, 9.17) is 15.1 Å². The molecule has 1 atom stereocenters. The molecule has 1 aliphatic rings. The Balaban J connectivity index is 1.50. The summed E-state index contributed by atoms with van der Waals surface area (Å²) >= 11 is 0. The van der Waals surface area contributed by atoms with E-state index in [-0.39, 0.29) is 17.6 Å². The van der Waals surface area contributed by atoms with Crippen molar-refractivity contribution in [2.75, 3.05) is 31.1 Å². The number of rotatable bonds is 13. The van der Waals surface area contributed by atoms with E-state index in [0.29, 0.717) is 19.5 Å². The zero-order chi connectivity index (χ0) is 27.8. The molecule has 1 aliphatic heterocycles. The number of benzene rings is 1. The van der Waals surface area contributed by atoms with E-state index in [1.165, 1.54) is 44.2 Å². The minimum absolute atomic E-state index is 0.208. The third kappa shape index (κ3) is 7.14. The van der Waals surface area contributed by atoms with Gasteiger partial charge in [0.05, 0.1) is 16.8 Å². The van der Waals surface area contributed by atoms with Gasteiger partial charge in [-0.15, -0.1) is 0 Å².